The Bertz CT molecular complexity index is 1120. The van der Waals surface area contributed by atoms with Gasteiger partial charge in [0.15, 0.2) is 5.82 Å². The van der Waals surface area contributed by atoms with E-state index in [1.807, 2.05) is 18.2 Å². The molecule has 0 amide bonds. The summed E-state index contributed by atoms with van der Waals surface area (Å²) in [7, 11) is -1.83. The van der Waals surface area contributed by atoms with Crippen LogP contribution in [0.5, 0.6) is 0 Å². The fourth-order valence-corrected chi connectivity index (χ4v) is 5.04. The number of piperidine rings is 1. The van der Waals surface area contributed by atoms with Gasteiger partial charge in [0, 0.05) is 55.8 Å². The predicted octanol–water partition coefficient (Wildman–Crippen LogP) is 3.29. The fourth-order valence-electron chi connectivity index (χ4n) is 3.57. The molecule has 1 aliphatic heterocycles. The van der Waals surface area contributed by atoms with E-state index in [2.05, 4.69) is 15.3 Å². The van der Waals surface area contributed by atoms with Gasteiger partial charge in [-0.15, -0.1) is 0 Å². The highest BCUT2D eigenvalue weighted by Gasteiger charge is 2.30. The number of aromatic nitrogens is 3. The standard InChI is InChI=1S/C21H22FN5O2S/c1-23-20-13-19(25-21(26-20)16-3-2-10-24-14-16)15-8-11-27(12-9-15)30(28,29)18-6-4-17(22)5-7-18/h2-7,10,13-15H,8-9,11-12H2,1H3,(H,23,25,26). The first-order valence-electron chi connectivity index (χ1n) is 9.70. The number of anilines is 1. The quantitative estimate of drug-likeness (QED) is 0.672. The third-order valence-electron chi connectivity index (χ3n) is 5.25. The highest BCUT2D eigenvalue weighted by molar-refractivity contribution is 7.89. The first-order chi connectivity index (χ1) is 14.5. The predicted molar refractivity (Wildman–Crippen MR) is 112 cm³/mol. The molecule has 0 radical (unpaired) electrons. The molecule has 1 aliphatic rings. The lowest BCUT2D eigenvalue weighted by molar-refractivity contribution is 0.316. The summed E-state index contributed by atoms with van der Waals surface area (Å²) in [6.45, 7) is 0.761. The Morgan fingerprint density at radius 3 is 2.47 bits per heavy atom. The summed E-state index contributed by atoms with van der Waals surface area (Å²) in [5, 5.41) is 3.07. The van der Waals surface area contributed by atoms with E-state index in [0.717, 1.165) is 11.3 Å². The Morgan fingerprint density at radius 2 is 1.83 bits per heavy atom. The van der Waals surface area contributed by atoms with E-state index in [9.17, 15) is 12.8 Å². The molecule has 1 saturated heterocycles. The lowest BCUT2D eigenvalue weighted by atomic mass is 9.94. The van der Waals surface area contributed by atoms with Crippen molar-refractivity contribution in [3.05, 3.63) is 66.4 Å². The van der Waals surface area contributed by atoms with Gasteiger partial charge in [-0.25, -0.2) is 22.8 Å². The second-order valence-corrected chi connectivity index (χ2v) is 9.06. The van der Waals surface area contributed by atoms with Crippen LogP contribution in [-0.4, -0.2) is 47.8 Å². The molecule has 4 rings (SSSR count). The zero-order chi connectivity index (χ0) is 21.1. The topological polar surface area (TPSA) is 88.1 Å². The van der Waals surface area contributed by atoms with Gasteiger partial charge in [0.25, 0.3) is 0 Å². The van der Waals surface area contributed by atoms with Crippen LogP contribution in [0.15, 0.2) is 59.8 Å². The molecular weight excluding hydrogens is 405 g/mol. The molecule has 0 saturated carbocycles. The largest absolute Gasteiger partial charge is 0.373 e. The lowest BCUT2D eigenvalue weighted by Crippen LogP contribution is -2.38. The summed E-state index contributed by atoms with van der Waals surface area (Å²) >= 11 is 0. The van der Waals surface area contributed by atoms with Crippen molar-refractivity contribution >= 4 is 15.8 Å². The lowest BCUT2D eigenvalue weighted by Gasteiger charge is -2.31. The Balaban J connectivity index is 1.53. The summed E-state index contributed by atoms with van der Waals surface area (Å²) in [6, 6.07) is 10.6. The van der Waals surface area contributed by atoms with Crippen LogP contribution in [0.4, 0.5) is 10.2 Å². The number of hydrogen-bond acceptors (Lipinski definition) is 6. The molecule has 1 fully saturated rings. The maximum Gasteiger partial charge on any atom is 0.243 e. The zero-order valence-electron chi connectivity index (χ0n) is 16.5. The van der Waals surface area contributed by atoms with Crippen molar-refractivity contribution in [3.63, 3.8) is 0 Å². The van der Waals surface area contributed by atoms with Gasteiger partial charge in [-0.2, -0.15) is 4.31 Å². The monoisotopic (exact) mass is 427 g/mol. The number of rotatable bonds is 5. The van der Waals surface area contributed by atoms with Crippen LogP contribution in [0.2, 0.25) is 0 Å². The molecule has 9 heteroatoms. The molecule has 0 unspecified atom stereocenters. The van der Waals surface area contributed by atoms with E-state index >= 15 is 0 Å². The zero-order valence-corrected chi connectivity index (χ0v) is 17.3. The van der Waals surface area contributed by atoms with Crippen LogP contribution in [0.3, 0.4) is 0 Å². The summed E-state index contributed by atoms with van der Waals surface area (Å²) in [5.41, 5.74) is 1.71. The highest BCUT2D eigenvalue weighted by Crippen LogP contribution is 2.31. The van der Waals surface area contributed by atoms with Gasteiger partial charge in [0.05, 0.1) is 4.90 Å². The normalized spacial score (nSPS) is 15.8. The van der Waals surface area contributed by atoms with Gasteiger partial charge in [0.1, 0.15) is 11.6 Å². The van der Waals surface area contributed by atoms with E-state index in [1.54, 1.807) is 19.4 Å². The van der Waals surface area contributed by atoms with Crippen molar-refractivity contribution in [2.75, 3.05) is 25.5 Å². The minimum Gasteiger partial charge on any atom is -0.373 e. The molecule has 1 N–H and O–H groups in total. The average Bonchev–Trinajstić information content (AvgIpc) is 2.79. The number of hydrogen-bond donors (Lipinski definition) is 1. The number of sulfonamides is 1. The summed E-state index contributed by atoms with van der Waals surface area (Å²) in [4.78, 5) is 13.5. The first kappa shape index (κ1) is 20.4. The molecular formula is C21H22FN5O2S. The van der Waals surface area contributed by atoms with Crippen LogP contribution in [0.25, 0.3) is 11.4 Å². The summed E-state index contributed by atoms with van der Waals surface area (Å²) in [5.74, 6) is 0.961. The van der Waals surface area contributed by atoms with Gasteiger partial charge in [0.2, 0.25) is 10.0 Å². The van der Waals surface area contributed by atoms with E-state index in [1.165, 1.54) is 28.6 Å². The number of halogens is 1. The van der Waals surface area contributed by atoms with Crippen molar-refractivity contribution in [3.8, 4) is 11.4 Å². The van der Waals surface area contributed by atoms with E-state index < -0.39 is 15.8 Å². The molecule has 30 heavy (non-hydrogen) atoms. The molecule has 0 aliphatic carbocycles. The molecule has 156 valence electrons. The first-order valence-corrected chi connectivity index (χ1v) is 11.1. The van der Waals surface area contributed by atoms with E-state index in [-0.39, 0.29) is 10.8 Å². The van der Waals surface area contributed by atoms with Gasteiger partial charge in [-0.05, 0) is 49.2 Å². The van der Waals surface area contributed by atoms with Crippen molar-refractivity contribution < 1.29 is 12.8 Å². The molecule has 3 heterocycles. The van der Waals surface area contributed by atoms with E-state index in [0.29, 0.717) is 37.6 Å². The Hall–Kier alpha value is -2.91. The second-order valence-electron chi connectivity index (χ2n) is 7.13. The van der Waals surface area contributed by atoms with Gasteiger partial charge in [-0.1, -0.05) is 0 Å². The van der Waals surface area contributed by atoms with Crippen LogP contribution in [0, 0.1) is 5.82 Å². The number of pyridine rings is 1. The van der Waals surface area contributed by atoms with Crippen molar-refractivity contribution in [2.45, 2.75) is 23.7 Å². The van der Waals surface area contributed by atoms with Crippen LogP contribution in [-0.2, 0) is 10.0 Å². The molecule has 0 bridgehead atoms. The van der Waals surface area contributed by atoms with Gasteiger partial charge in [-0.3, -0.25) is 4.98 Å². The Labute approximate surface area is 175 Å². The molecule has 2 aromatic heterocycles. The minimum atomic E-state index is -3.64. The molecule has 7 nitrogen and oxygen atoms in total. The van der Waals surface area contributed by atoms with Crippen molar-refractivity contribution in [1.29, 1.82) is 0 Å². The van der Waals surface area contributed by atoms with E-state index in [4.69, 9.17) is 4.98 Å². The molecule has 0 spiro atoms. The molecule has 3 aromatic rings. The number of benzene rings is 1. The van der Waals surface area contributed by atoms with Crippen LogP contribution < -0.4 is 5.32 Å². The SMILES string of the molecule is CNc1cc(C2CCN(S(=O)(=O)c3ccc(F)cc3)CC2)nc(-c2cccnc2)n1. The number of nitrogens with one attached hydrogen (secondary N) is 1. The third kappa shape index (κ3) is 4.17. The minimum absolute atomic E-state index is 0.112. The fraction of sp³-hybridized carbons (Fsp3) is 0.286. The van der Waals surface area contributed by atoms with Crippen LogP contribution >= 0.6 is 0 Å². The smallest absolute Gasteiger partial charge is 0.243 e. The highest BCUT2D eigenvalue weighted by atomic mass is 32.2. The maximum absolute atomic E-state index is 13.1. The molecule has 1 aromatic carbocycles. The maximum atomic E-state index is 13.1. The van der Waals surface area contributed by atoms with Gasteiger partial charge >= 0.3 is 0 Å². The third-order valence-corrected chi connectivity index (χ3v) is 7.16. The van der Waals surface area contributed by atoms with Crippen molar-refractivity contribution in [1.82, 2.24) is 19.3 Å². The Morgan fingerprint density at radius 1 is 1.10 bits per heavy atom. The summed E-state index contributed by atoms with van der Waals surface area (Å²) < 4.78 is 40.3. The second kappa shape index (κ2) is 8.45. The Kier molecular flexibility index (Phi) is 5.74. The number of nitrogens with zero attached hydrogens (tertiary/aromatic N) is 4. The summed E-state index contributed by atoms with van der Waals surface area (Å²) in [6.07, 6.45) is 4.71. The van der Waals surface area contributed by atoms with Crippen molar-refractivity contribution in [2.24, 2.45) is 0 Å². The molecule has 0 atom stereocenters. The van der Waals surface area contributed by atoms with Gasteiger partial charge < -0.3 is 5.32 Å². The average molecular weight is 428 g/mol. The van der Waals surface area contributed by atoms with Crippen LogP contribution in [0.1, 0.15) is 24.5 Å².